The van der Waals surface area contributed by atoms with Gasteiger partial charge < -0.3 is 0 Å². The first-order valence-electron chi connectivity index (χ1n) is 8.77. The molecule has 2 nitrogen and oxygen atoms in total. The quantitative estimate of drug-likeness (QED) is 0.237. The van der Waals surface area contributed by atoms with Gasteiger partial charge in [-0.05, 0) is 0 Å². The van der Waals surface area contributed by atoms with Gasteiger partial charge in [-0.15, -0.1) is 0 Å². The van der Waals surface area contributed by atoms with Gasteiger partial charge in [-0.25, -0.2) is 0 Å². The van der Waals surface area contributed by atoms with E-state index in [-0.39, 0.29) is 5.97 Å². The van der Waals surface area contributed by atoms with Crippen LogP contribution in [0.5, 0.6) is 0 Å². The van der Waals surface area contributed by atoms with Gasteiger partial charge in [0.1, 0.15) is 0 Å². The number of rotatable bonds is 10. The summed E-state index contributed by atoms with van der Waals surface area (Å²) in [5.74, 6) is 0.380. The molecule has 0 bridgehead atoms. The SMILES string of the molecule is CCCCC/C(=C(/[Te]c1ccccc1)C(=O)OCC)C(C)CC. The fourth-order valence-corrected chi connectivity index (χ4v) is 5.59. The van der Waals surface area contributed by atoms with E-state index >= 15 is 0 Å². The van der Waals surface area contributed by atoms with Crippen molar-refractivity contribution < 1.29 is 9.53 Å². The first-order chi connectivity index (χ1) is 11.1. The summed E-state index contributed by atoms with van der Waals surface area (Å²) < 4.78 is 7.71. The summed E-state index contributed by atoms with van der Waals surface area (Å²) in [7, 11) is 0. The molecule has 0 fully saturated rings. The summed E-state index contributed by atoms with van der Waals surface area (Å²) in [6.45, 7) is 9.01. The van der Waals surface area contributed by atoms with E-state index in [1.165, 1.54) is 28.4 Å². The first-order valence-corrected chi connectivity index (χ1v) is 11.1. The van der Waals surface area contributed by atoms with Crippen LogP contribution in [0.1, 0.15) is 59.8 Å². The van der Waals surface area contributed by atoms with Crippen LogP contribution in [0.2, 0.25) is 0 Å². The van der Waals surface area contributed by atoms with E-state index in [1.54, 1.807) is 0 Å². The topological polar surface area (TPSA) is 26.3 Å². The Morgan fingerprint density at radius 2 is 1.83 bits per heavy atom. The fourth-order valence-electron chi connectivity index (χ4n) is 2.44. The molecular formula is C20H30O2Te. The van der Waals surface area contributed by atoms with Gasteiger partial charge in [0, 0.05) is 0 Å². The number of hydrogen-bond acceptors (Lipinski definition) is 2. The van der Waals surface area contributed by atoms with Crippen LogP contribution in [0.25, 0.3) is 0 Å². The van der Waals surface area contributed by atoms with Crippen LogP contribution < -0.4 is 3.61 Å². The average molecular weight is 430 g/mol. The maximum atomic E-state index is 12.6. The summed E-state index contributed by atoms with van der Waals surface area (Å²) in [5.41, 5.74) is 1.35. The molecule has 1 rings (SSSR count). The van der Waals surface area contributed by atoms with Crippen LogP contribution in [0.3, 0.4) is 0 Å². The number of carbonyl (C=O) groups is 1. The van der Waals surface area contributed by atoms with Crippen molar-refractivity contribution in [1.29, 1.82) is 0 Å². The van der Waals surface area contributed by atoms with Crippen molar-refractivity contribution in [3.63, 3.8) is 0 Å². The van der Waals surface area contributed by atoms with E-state index in [1.807, 2.05) is 13.0 Å². The predicted molar refractivity (Wildman–Crippen MR) is 99.1 cm³/mol. The zero-order valence-corrected chi connectivity index (χ0v) is 17.3. The molecule has 0 aliphatic carbocycles. The third-order valence-electron chi connectivity index (χ3n) is 3.97. The molecule has 0 spiro atoms. The van der Waals surface area contributed by atoms with Crippen molar-refractivity contribution in [2.24, 2.45) is 5.92 Å². The van der Waals surface area contributed by atoms with Crippen molar-refractivity contribution in [1.82, 2.24) is 0 Å². The summed E-state index contributed by atoms with van der Waals surface area (Å²) in [5, 5.41) is 0. The zero-order chi connectivity index (χ0) is 17.1. The van der Waals surface area contributed by atoms with E-state index in [0.717, 1.165) is 16.5 Å². The predicted octanol–water partition coefficient (Wildman–Crippen LogP) is 4.46. The Labute approximate surface area is 151 Å². The fraction of sp³-hybridized carbons (Fsp3) is 0.550. The maximum absolute atomic E-state index is 12.6. The van der Waals surface area contributed by atoms with Crippen LogP contribution >= 0.6 is 0 Å². The number of hydrogen-bond donors (Lipinski definition) is 0. The standard InChI is InChI=1S/C20H30O2Te/c1-5-8-10-15-18(16(4)6-2)19(20(21)22-7-3)23-17-13-11-9-12-14-17/h9,11-14,16H,5-8,10,15H2,1-4H3/b19-18-. The molecule has 1 aromatic carbocycles. The van der Waals surface area contributed by atoms with Crippen LogP contribution in [0.15, 0.2) is 39.5 Å². The number of ether oxygens (including phenoxy) is 1. The minimum absolute atomic E-state index is 0.0782. The van der Waals surface area contributed by atoms with Crippen molar-refractivity contribution in [2.45, 2.75) is 59.8 Å². The van der Waals surface area contributed by atoms with Gasteiger partial charge in [-0.1, -0.05) is 0 Å². The summed E-state index contributed by atoms with van der Waals surface area (Å²) in [6.07, 6.45) is 5.71. The molecule has 0 aliphatic heterocycles. The van der Waals surface area contributed by atoms with Crippen LogP contribution in [0.4, 0.5) is 0 Å². The summed E-state index contributed by atoms with van der Waals surface area (Å²) in [4.78, 5) is 12.6. The Balaban J connectivity index is 3.13. The second-order valence-electron chi connectivity index (χ2n) is 5.76. The van der Waals surface area contributed by atoms with Gasteiger partial charge in [-0.2, -0.15) is 0 Å². The Kier molecular flexibility index (Phi) is 10.3. The number of benzene rings is 1. The molecule has 0 radical (unpaired) electrons. The molecule has 1 atom stereocenters. The number of unbranched alkanes of at least 4 members (excludes halogenated alkanes) is 2. The summed E-state index contributed by atoms with van der Waals surface area (Å²) >= 11 is -0.700. The van der Waals surface area contributed by atoms with E-state index in [2.05, 4.69) is 45.0 Å². The first kappa shape index (κ1) is 20.3. The molecule has 0 aromatic heterocycles. The molecule has 128 valence electrons. The molecule has 23 heavy (non-hydrogen) atoms. The van der Waals surface area contributed by atoms with Gasteiger partial charge in [0.15, 0.2) is 0 Å². The molecule has 0 aliphatic rings. The van der Waals surface area contributed by atoms with Crippen molar-refractivity contribution >= 4 is 30.5 Å². The van der Waals surface area contributed by atoms with Crippen LogP contribution in [-0.4, -0.2) is 33.5 Å². The Hall–Kier alpha value is -0.780. The molecule has 0 heterocycles. The molecule has 0 N–H and O–H groups in total. The molecule has 1 unspecified atom stereocenters. The van der Waals surface area contributed by atoms with Gasteiger partial charge >= 0.3 is 152 Å². The van der Waals surface area contributed by atoms with Crippen molar-refractivity contribution in [2.75, 3.05) is 6.61 Å². The molecule has 1 aromatic rings. The van der Waals surface area contributed by atoms with Crippen LogP contribution in [0, 0.1) is 5.92 Å². The number of carbonyl (C=O) groups excluding carboxylic acids is 1. The van der Waals surface area contributed by atoms with E-state index in [4.69, 9.17) is 4.74 Å². The normalized spacial score (nSPS) is 13.4. The average Bonchev–Trinajstić information content (AvgIpc) is 2.57. The number of esters is 1. The van der Waals surface area contributed by atoms with E-state index in [9.17, 15) is 4.79 Å². The molecule has 0 amide bonds. The van der Waals surface area contributed by atoms with Crippen molar-refractivity contribution in [3.8, 4) is 0 Å². The zero-order valence-electron chi connectivity index (χ0n) is 14.9. The molecule has 0 saturated carbocycles. The van der Waals surface area contributed by atoms with E-state index < -0.39 is 20.9 Å². The monoisotopic (exact) mass is 432 g/mol. The van der Waals surface area contributed by atoms with Gasteiger partial charge in [-0.3, -0.25) is 0 Å². The Bertz CT molecular complexity index is 494. The Morgan fingerprint density at radius 3 is 2.39 bits per heavy atom. The Morgan fingerprint density at radius 1 is 1.13 bits per heavy atom. The number of allylic oxidation sites excluding steroid dienone is 1. The van der Waals surface area contributed by atoms with Crippen molar-refractivity contribution in [3.05, 3.63) is 39.5 Å². The van der Waals surface area contributed by atoms with Gasteiger partial charge in [0.05, 0.1) is 0 Å². The minimum atomic E-state index is -0.700. The molecule has 3 heteroatoms. The molecule has 0 saturated heterocycles. The third-order valence-corrected chi connectivity index (χ3v) is 7.23. The summed E-state index contributed by atoms with van der Waals surface area (Å²) in [6, 6.07) is 10.4. The third kappa shape index (κ3) is 7.10. The molecular weight excluding hydrogens is 400 g/mol. The van der Waals surface area contributed by atoms with Gasteiger partial charge in [0.2, 0.25) is 0 Å². The second-order valence-corrected chi connectivity index (χ2v) is 8.85. The van der Waals surface area contributed by atoms with E-state index in [0.29, 0.717) is 12.5 Å². The van der Waals surface area contributed by atoms with Gasteiger partial charge in [0.25, 0.3) is 0 Å². The second kappa shape index (κ2) is 11.7. The van der Waals surface area contributed by atoms with Crippen LogP contribution in [-0.2, 0) is 9.53 Å².